The van der Waals surface area contributed by atoms with Gasteiger partial charge in [0.2, 0.25) is 0 Å². The lowest BCUT2D eigenvalue weighted by molar-refractivity contribution is -0.315. The second-order valence-corrected chi connectivity index (χ2v) is 19.1. The molecule has 3 heterocycles. The van der Waals surface area contributed by atoms with Crippen LogP contribution in [-0.2, 0) is 47.5 Å². The zero-order valence-electron chi connectivity index (χ0n) is 37.2. The molecule has 11 nitrogen and oxygen atoms in total. The molecule has 3 fully saturated rings. The van der Waals surface area contributed by atoms with Crippen molar-refractivity contribution >= 4 is 11.9 Å². The highest BCUT2D eigenvalue weighted by molar-refractivity contribution is 5.73. The Morgan fingerprint density at radius 2 is 1.50 bits per heavy atom. The molecular formula is C43H79NO10. The second kappa shape index (κ2) is 18.9. The minimum absolute atomic E-state index is 0.0451. The van der Waals surface area contributed by atoms with Gasteiger partial charge in [-0.1, -0.05) is 62.3 Å². The van der Waals surface area contributed by atoms with Crippen molar-refractivity contribution in [2.45, 2.75) is 196 Å². The van der Waals surface area contributed by atoms with Gasteiger partial charge in [0.1, 0.15) is 17.8 Å². The monoisotopic (exact) mass is 770 g/mol. The fourth-order valence-corrected chi connectivity index (χ4v) is 10.2. The number of nitrogens with zero attached hydrogens (tertiary/aromatic N) is 1. The molecule has 0 spiro atoms. The van der Waals surface area contributed by atoms with Gasteiger partial charge in [-0.3, -0.25) is 9.59 Å². The third-order valence-electron chi connectivity index (χ3n) is 13.6. The van der Waals surface area contributed by atoms with Gasteiger partial charge in [0, 0.05) is 44.9 Å². The Kier molecular flexibility index (Phi) is 16.5. The predicted octanol–water partition coefficient (Wildman–Crippen LogP) is 7.66. The summed E-state index contributed by atoms with van der Waals surface area (Å²) in [5, 5.41) is 0. The van der Waals surface area contributed by atoms with Crippen molar-refractivity contribution in [2.24, 2.45) is 40.4 Å². The third kappa shape index (κ3) is 10.8. The van der Waals surface area contributed by atoms with Gasteiger partial charge >= 0.3 is 11.9 Å². The van der Waals surface area contributed by atoms with Crippen LogP contribution in [0.15, 0.2) is 0 Å². The molecule has 0 amide bonds. The van der Waals surface area contributed by atoms with Crippen LogP contribution in [0, 0.1) is 40.4 Å². The van der Waals surface area contributed by atoms with Crippen LogP contribution in [0.25, 0.3) is 0 Å². The number of ether oxygens (including phenoxy) is 8. The standard InChI is InChI=1S/C43H79NO10/c1-19-33-42(12,13)29(7)25(3)20-24(2)22-41(10,11)37(54-40-36(47-17)32(44(15)16)21-26(4)49-40)27(5)35(28(6)39(46)52-33)53-34-23-43(14,48-18)38(30(8)50-34)51-31(9)45/h24-30,32-38,40H,19-23H2,1-18H3/t24?,25?,26?,27?,28?,29-,30?,32?,33-,34?,35?,36?,37?,38?,40?,43?/m1/s1. The van der Waals surface area contributed by atoms with Crippen LogP contribution >= 0.6 is 0 Å². The van der Waals surface area contributed by atoms with Crippen LogP contribution < -0.4 is 0 Å². The summed E-state index contributed by atoms with van der Waals surface area (Å²) in [6, 6.07) is 0.0891. The second-order valence-electron chi connectivity index (χ2n) is 19.1. The Morgan fingerprint density at radius 1 is 0.870 bits per heavy atom. The molecule has 54 heavy (non-hydrogen) atoms. The zero-order valence-corrected chi connectivity index (χ0v) is 37.2. The number of esters is 2. The van der Waals surface area contributed by atoms with Gasteiger partial charge in [-0.2, -0.15) is 0 Å². The molecule has 0 aliphatic carbocycles. The van der Waals surface area contributed by atoms with Crippen LogP contribution in [0.3, 0.4) is 0 Å². The minimum Gasteiger partial charge on any atom is -0.462 e. The first-order valence-corrected chi connectivity index (χ1v) is 20.7. The maximum atomic E-state index is 14.5. The summed E-state index contributed by atoms with van der Waals surface area (Å²) in [6.45, 7) is 29.3. The van der Waals surface area contributed by atoms with Gasteiger partial charge in [-0.15, -0.1) is 0 Å². The Balaban J connectivity index is 2.17. The van der Waals surface area contributed by atoms with E-state index in [9.17, 15) is 9.59 Å². The lowest BCUT2D eigenvalue weighted by Crippen LogP contribution is -2.60. The molecule has 0 N–H and O–H groups in total. The van der Waals surface area contributed by atoms with E-state index in [2.05, 4.69) is 88.2 Å². The molecule has 11 heteroatoms. The molecule has 16 atom stereocenters. The van der Waals surface area contributed by atoms with Gasteiger partial charge in [0.05, 0.1) is 30.3 Å². The summed E-state index contributed by atoms with van der Waals surface area (Å²) in [5.41, 5.74) is -1.52. The average Bonchev–Trinajstić information content (AvgIpc) is 3.07. The molecule has 0 aromatic rings. The highest BCUT2D eigenvalue weighted by Crippen LogP contribution is 2.46. The summed E-state index contributed by atoms with van der Waals surface area (Å²) in [6.07, 6.45) is -0.635. The van der Waals surface area contributed by atoms with E-state index in [1.54, 1.807) is 14.2 Å². The Morgan fingerprint density at radius 3 is 2.04 bits per heavy atom. The van der Waals surface area contributed by atoms with Gasteiger partial charge in [0.15, 0.2) is 18.7 Å². The van der Waals surface area contributed by atoms with E-state index >= 15 is 0 Å². The molecule has 0 bridgehead atoms. The quantitative estimate of drug-likeness (QED) is 0.216. The van der Waals surface area contributed by atoms with Crippen molar-refractivity contribution in [2.75, 3.05) is 28.3 Å². The van der Waals surface area contributed by atoms with E-state index in [1.165, 1.54) is 6.92 Å². The fourth-order valence-electron chi connectivity index (χ4n) is 10.2. The van der Waals surface area contributed by atoms with Gasteiger partial charge < -0.3 is 42.8 Å². The number of carbonyl (C=O) groups is 2. The number of carbonyl (C=O) groups excluding carboxylic acids is 2. The first-order valence-electron chi connectivity index (χ1n) is 20.7. The van der Waals surface area contributed by atoms with E-state index in [4.69, 9.17) is 37.9 Å². The van der Waals surface area contributed by atoms with Crippen LogP contribution in [0.1, 0.15) is 129 Å². The summed E-state index contributed by atoms with van der Waals surface area (Å²) in [5.74, 6) is -0.647. The fraction of sp³-hybridized carbons (Fsp3) is 0.953. The van der Waals surface area contributed by atoms with Crippen molar-refractivity contribution in [1.29, 1.82) is 0 Å². The van der Waals surface area contributed by atoms with Crippen LogP contribution in [0.2, 0.25) is 0 Å². The molecule has 3 aliphatic heterocycles. The maximum absolute atomic E-state index is 14.5. The van der Waals surface area contributed by atoms with E-state index < -0.39 is 54.5 Å². The predicted molar refractivity (Wildman–Crippen MR) is 210 cm³/mol. The zero-order chi connectivity index (χ0) is 41.1. The lowest BCUT2D eigenvalue weighted by Gasteiger charge is -2.50. The van der Waals surface area contributed by atoms with Gasteiger partial charge in [-0.25, -0.2) is 0 Å². The van der Waals surface area contributed by atoms with Crippen molar-refractivity contribution in [1.82, 2.24) is 4.90 Å². The number of cyclic esters (lactones) is 1. The molecule has 3 rings (SSSR count). The smallest absolute Gasteiger partial charge is 0.311 e. The van der Waals surface area contributed by atoms with E-state index in [1.807, 2.05) is 20.8 Å². The van der Waals surface area contributed by atoms with E-state index in [0.717, 1.165) is 19.3 Å². The normalized spacial score (nSPS) is 43.9. The van der Waals surface area contributed by atoms with E-state index in [-0.39, 0.29) is 53.5 Å². The number of methoxy groups -OCH3 is 2. The largest absolute Gasteiger partial charge is 0.462 e. The number of rotatable bonds is 9. The molecule has 3 saturated heterocycles. The van der Waals surface area contributed by atoms with Gasteiger partial charge in [-0.05, 0) is 90.6 Å². The molecule has 0 radical (unpaired) electrons. The number of likely N-dealkylation sites (N-methyl/N-ethyl adjacent to an activating group) is 1. The Labute approximate surface area is 328 Å². The van der Waals surface area contributed by atoms with Crippen LogP contribution in [0.4, 0.5) is 0 Å². The molecular weight excluding hydrogens is 690 g/mol. The van der Waals surface area contributed by atoms with Crippen molar-refractivity contribution < 1.29 is 47.5 Å². The summed E-state index contributed by atoms with van der Waals surface area (Å²) < 4.78 is 51.7. The molecule has 0 aromatic heterocycles. The SMILES string of the molecule is CC[C@H]1OC(=O)C(C)C(OC2CC(C)(OC)C(OC(C)=O)C(C)O2)C(C)C(OC2OC(C)CC(N(C)C)C2OC)C(C)(C)CC(C)CC(C)[C@@H](C)C1(C)C. The third-order valence-corrected chi connectivity index (χ3v) is 13.6. The molecule has 14 unspecified atom stereocenters. The maximum Gasteiger partial charge on any atom is 0.311 e. The topological polar surface area (TPSA) is 111 Å². The van der Waals surface area contributed by atoms with Crippen LogP contribution in [-0.4, -0.2) is 112 Å². The summed E-state index contributed by atoms with van der Waals surface area (Å²) in [4.78, 5) is 28.8. The first kappa shape index (κ1) is 47.0. The molecule has 316 valence electrons. The summed E-state index contributed by atoms with van der Waals surface area (Å²) in [7, 11) is 7.46. The van der Waals surface area contributed by atoms with Crippen molar-refractivity contribution in [3.8, 4) is 0 Å². The molecule has 0 aromatic carbocycles. The first-order chi connectivity index (χ1) is 24.9. The average molecular weight is 770 g/mol. The highest BCUT2D eigenvalue weighted by Gasteiger charge is 2.53. The Hall–Kier alpha value is -1.34. The molecule has 3 aliphatic rings. The Bertz CT molecular complexity index is 1210. The van der Waals surface area contributed by atoms with E-state index in [0.29, 0.717) is 24.2 Å². The molecule has 0 saturated carbocycles. The van der Waals surface area contributed by atoms with Gasteiger partial charge in [0.25, 0.3) is 0 Å². The number of hydrogen-bond acceptors (Lipinski definition) is 11. The van der Waals surface area contributed by atoms with Crippen molar-refractivity contribution in [3.05, 3.63) is 0 Å². The van der Waals surface area contributed by atoms with Crippen LogP contribution in [0.5, 0.6) is 0 Å². The number of hydrogen-bond donors (Lipinski definition) is 0. The summed E-state index contributed by atoms with van der Waals surface area (Å²) >= 11 is 0. The van der Waals surface area contributed by atoms with Crippen molar-refractivity contribution in [3.63, 3.8) is 0 Å². The lowest BCUT2D eigenvalue weighted by atomic mass is 9.65. The highest BCUT2D eigenvalue weighted by atomic mass is 16.7. The minimum atomic E-state index is -0.893.